The van der Waals surface area contributed by atoms with Crippen molar-refractivity contribution in [3.05, 3.63) is 12.2 Å². The Morgan fingerprint density at radius 2 is 1.24 bits per heavy atom. The summed E-state index contributed by atoms with van der Waals surface area (Å²) in [5.41, 5.74) is 0. The fourth-order valence-electron chi connectivity index (χ4n) is 2.45. The van der Waals surface area contributed by atoms with E-state index in [-0.39, 0.29) is 11.9 Å². The van der Waals surface area contributed by atoms with Gasteiger partial charge in [0.15, 0.2) is 0 Å². The first-order chi connectivity index (χ1) is 12.2. The number of carbonyl (C=O) groups excluding carboxylic acids is 2. The van der Waals surface area contributed by atoms with Crippen molar-refractivity contribution in [2.45, 2.75) is 97.3 Å². The van der Waals surface area contributed by atoms with Gasteiger partial charge in [-0.3, -0.25) is 9.59 Å². The number of unbranched alkanes of at least 4 members (excludes halogenated alkanes) is 7. The van der Waals surface area contributed by atoms with Crippen LogP contribution in [0.15, 0.2) is 12.2 Å². The first kappa shape index (κ1) is 23.7. The Hall–Kier alpha value is -1.32. The molecule has 0 radical (unpaired) electrons. The lowest BCUT2D eigenvalue weighted by Crippen LogP contribution is -2.05. The zero-order valence-corrected chi connectivity index (χ0v) is 16.4. The predicted molar refractivity (Wildman–Crippen MR) is 102 cm³/mol. The largest absolute Gasteiger partial charge is 0.466 e. The van der Waals surface area contributed by atoms with Crippen LogP contribution < -0.4 is 0 Å². The first-order valence-electron chi connectivity index (χ1n) is 10.2. The van der Waals surface area contributed by atoms with E-state index in [1.54, 1.807) is 0 Å². The number of rotatable bonds is 17. The predicted octanol–water partition coefficient (Wildman–Crippen LogP) is 5.74. The molecule has 0 amide bonds. The molecule has 0 atom stereocenters. The summed E-state index contributed by atoms with van der Waals surface area (Å²) in [6.45, 7) is 5.28. The summed E-state index contributed by atoms with van der Waals surface area (Å²) < 4.78 is 10.3. The zero-order valence-electron chi connectivity index (χ0n) is 16.4. The van der Waals surface area contributed by atoms with Gasteiger partial charge in [-0.2, -0.15) is 0 Å². The van der Waals surface area contributed by atoms with Crippen molar-refractivity contribution in [3.63, 3.8) is 0 Å². The molecular weight excluding hydrogens is 316 g/mol. The number of ether oxygens (including phenoxy) is 2. The van der Waals surface area contributed by atoms with Gasteiger partial charge in [0.05, 0.1) is 13.2 Å². The SMILES string of the molecule is CC/C=C/CCOC(=O)CCCCCCCCC(=O)OCCCCC. The van der Waals surface area contributed by atoms with Crippen molar-refractivity contribution in [1.82, 2.24) is 0 Å². The summed E-state index contributed by atoms with van der Waals surface area (Å²) in [5.74, 6) is -0.150. The fourth-order valence-corrected chi connectivity index (χ4v) is 2.45. The second-order valence-corrected chi connectivity index (χ2v) is 6.44. The van der Waals surface area contributed by atoms with Crippen molar-refractivity contribution in [3.8, 4) is 0 Å². The molecule has 0 aliphatic rings. The highest BCUT2D eigenvalue weighted by atomic mass is 16.5. The van der Waals surface area contributed by atoms with E-state index in [9.17, 15) is 9.59 Å². The van der Waals surface area contributed by atoms with E-state index in [0.717, 1.165) is 70.6 Å². The van der Waals surface area contributed by atoms with Gasteiger partial charge in [0.25, 0.3) is 0 Å². The Bertz CT molecular complexity index is 350. The van der Waals surface area contributed by atoms with E-state index in [2.05, 4.69) is 19.9 Å². The van der Waals surface area contributed by atoms with Crippen molar-refractivity contribution < 1.29 is 19.1 Å². The highest BCUT2D eigenvalue weighted by Gasteiger charge is 2.03. The molecule has 0 saturated heterocycles. The summed E-state index contributed by atoms with van der Waals surface area (Å²) in [6.07, 6.45) is 16.4. The van der Waals surface area contributed by atoms with Gasteiger partial charge in [0.1, 0.15) is 0 Å². The highest BCUT2D eigenvalue weighted by Crippen LogP contribution is 2.10. The lowest BCUT2D eigenvalue weighted by Gasteiger charge is -2.05. The monoisotopic (exact) mass is 354 g/mol. The minimum absolute atomic E-state index is 0.0624. The minimum Gasteiger partial charge on any atom is -0.466 e. The van der Waals surface area contributed by atoms with E-state index in [1.165, 1.54) is 0 Å². The average molecular weight is 355 g/mol. The molecule has 146 valence electrons. The molecule has 0 aliphatic carbocycles. The molecule has 0 bridgehead atoms. The summed E-state index contributed by atoms with van der Waals surface area (Å²) in [7, 11) is 0. The molecule has 0 aliphatic heterocycles. The molecule has 0 saturated carbocycles. The molecule has 0 aromatic heterocycles. The van der Waals surface area contributed by atoms with E-state index in [0.29, 0.717) is 26.1 Å². The molecule has 0 aromatic carbocycles. The van der Waals surface area contributed by atoms with E-state index < -0.39 is 0 Å². The van der Waals surface area contributed by atoms with Crippen molar-refractivity contribution >= 4 is 11.9 Å². The number of hydrogen-bond acceptors (Lipinski definition) is 4. The molecule has 4 nitrogen and oxygen atoms in total. The second-order valence-electron chi connectivity index (χ2n) is 6.44. The normalized spacial score (nSPS) is 11.0. The summed E-state index contributed by atoms with van der Waals surface area (Å²) in [6, 6.07) is 0. The average Bonchev–Trinajstić information content (AvgIpc) is 2.60. The van der Waals surface area contributed by atoms with Crippen LogP contribution in [-0.4, -0.2) is 25.2 Å². The Balaban J connectivity index is 3.28. The number of carbonyl (C=O) groups is 2. The van der Waals surface area contributed by atoms with E-state index in [1.807, 2.05) is 6.08 Å². The van der Waals surface area contributed by atoms with Crippen LogP contribution in [0.1, 0.15) is 97.3 Å². The van der Waals surface area contributed by atoms with E-state index >= 15 is 0 Å². The molecule has 0 unspecified atom stereocenters. The van der Waals surface area contributed by atoms with Gasteiger partial charge < -0.3 is 9.47 Å². The summed E-state index contributed by atoms with van der Waals surface area (Å²) >= 11 is 0. The van der Waals surface area contributed by atoms with Crippen LogP contribution in [0.4, 0.5) is 0 Å². The van der Waals surface area contributed by atoms with Crippen molar-refractivity contribution in [2.75, 3.05) is 13.2 Å². The third-order valence-corrected chi connectivity index (χ3v) is 3.97. The number of allylic oxidation sites excluding steroid dienone is 1. The maximum absolute atomic E-state index is 11.5. The van der Waals surface area contributed by atoms with E-state index in [4.69, 9.17) is 9.47 Å². The highest BCUT2D eigenvalue weighted by molar-refractivity contribution is 5.69. The molecule has 0 heterocycles. The van der Waals surface area contributed by atoms with Crippen LogP contribution >= 0.6 is 0 Å². The zero-order chi connectivity index (χ0) is 18.6. The molecular formula is C21H38O4. The van der Waals surface area contributed by atoms with Gasteiger partial charge in [0, 0.05) is 12.8 Å². The lowest BCUT2D eigenvalue weighted by atomic mass is 10.1. The van der Waals surface area contributed by atoms with Gasteiger partial charge >= 0.3 is 11.9 Å². The Labute approximate surface area is 154 Å². The molecule has 0 spiro atoms. The maximum atomic E-state index is 11.5. The topological polar surface area (TPSA) is 52.6 Å². The number of hydrogen-bond donors (Lipinski definition) is 0. The summed E-state index contributed by atoms with van der Waals surface area (Å²) in [4.78, 5) is 23.0. The second kappa shape index (κ2) is 19.0. The van der Waals surface area contributed by atoms with Gasteiger partial charge in [-0.25, -0.2) is 0 Å². The van der Waals surface area contributed by atoms with Gasteiger partial charge in [-0.1, -0.05) is 64.5 Å². The van der Waals surface area contributed by atoms with Gasteiger partial charge in [-0.15, -0.1) is 0 Å². The van der Waals surface area contributed by atoms with Crippen LogP contribution in [0.3, 0.4) is 0 Å². The minimum atomic E-state index is -0.0873. The molecule has 0 aromatic rings. The van der Waals surface area contributed by atoms with Gasteiger partial charge in [-0.05, 0) is 32.1 Å². The third kappa shape index (κ3) is 18.9. The van der Waals surface area contributed by atoms with Crippen molar-refractivity contribution in [1.29, 1.82) is 0 Å². The Morgan fingerprint density at radius 1 is 0.680 bits per heavy atom. The lowest BCUT2D eigenvalue weighted by molar-refractivity contribution is -0.144. The van der Waals surface area contributed by atoms with Crippen molar-refractivity contribution in [2.24, 2.45) is 0 Å². The molecule has 25 heavy (non-hydrogen) atoms. The molecule has 4 heteroatoms. The summed E-state index contributed by atoms with van der Waals surface area (Å²) in [5, 5.41) is 0. The number of esters is 2. The standard InChI is InChI=1S/C21H38O4/c1-3-5-7-15-19-25-21(23)17-13-11-9-8-10-12-16-20(22)24-18-14-6-4-2/h5,7H,3-4,6,8-19H2,1-2H3/b7-5+. The van der Waals surface area contributed by atoms with Crippen LogP contribution in [0.2, 0.25) is 0 Å². The quantitative estimate of drug-likeness (QED) is 0.190. The Kier molecular flexibility index (Phi) is 18.0. The van der Waals surface area contributed by atoms with Gasteiger partial charge in [0.2, 0.25) is 0 Å². The maximum Gasteiger partial charge on any atom is 0.305 e. The smallest absolute Gasteiger partial charge is 0.305 e. The van der Waals surface area contributed by atoms with Crippen LogP contribution in [0, 0.1) is 0 Å². The Morgan fingerprint density at radius 3 is 1.80 bits per heavy atom. The van der Waals surface area contributed by atoms with Crippen LogP contribution in [0.25, 0.3) is 0 Å². The molecule has 0 rings (SSSR count). The van der Waals surface area contributed by atoms with Crippen LogP contribution in [0.5, 0.6) is 0 Å². The molecule has 0 fully saturated rings. The third-order valence-electron chi connectivity index (χ3n) is 3.97. The molecule has 0 N–H and O–H groups in total. The van der Waals surface area contributed by atoms with Crippen LogP contribution in [-0.2, 0) is 19.1 Å². The fraction of sp³-hybridized carbons (Fsp3) is 0.810. The first-order valence-corrected chi connectivity index (χ1v) is 10.2.